The van der Waals surface area contributed by atoms with Crippen LogP contribution >= 0.6 is 24.0 Å². The number of nitrogens with one attached hydrogen (secondary N) is 1. The number of hydrogen-bond donors (Lipinski definition) is 3. The molecule has 3 rings (SSSR count). The maximum atomic E-state index is 12.6. The van der Waals surface area contributed by atoms with E-state index >= 15 is 0 Å². The van der Waals surface area contributed by atoms with Gasteiger partial charge in [0.2, 0.25) is 5.91 Å². The summed E-state index contributed by atoms with van der Waals surface area (Å²) >= 11 is 6.39. The van der Waals surface area contributed by atoms with Gasteiger partial charge in [-0.05, 0) is 43.2 Å². The molecule has 1 aromatic carbocycles. The number of aromatic hydroxyl groups is 2. The fraction of sp³-hybridized carbons (Fsp3) is 0.211. The van der Waals surface area contributed by atoms with Gasteiger partial charge in [-0.15, -0.1) is 0 Å². The maximum Gasteiger partial charge on any atom is 0.267 e. The highest BCUT2D eigenvalue weighted by molar-refractivity contribution is 8.26. The second-order valence-electron chi connectivity index (χ2n) is 6.11. The molecule has 1 fully saturated rings. The van der Waals surface area contributed by atoms with E-state index in [9.17, 15) is 19.8 Å². The first-order chi connectivity index (χ1) is 13.4. The first kappa shape index (κ1) is 20.0. The molecule has 2 amide bonds. The van der Waals surface area contributed by atoms with E-state index in [0.717, 1.165) is 17.3 Å². The van der Waals surface area contributed by atoms with Crippen molar-refractivity contribution in [1.82, 2.24) is 10.2 Å². The molecule has 0 bridgehead atoms. The van der Waals surface area contributed by atoms with Crippen LogP contribution in [0.5, 0.6) is 11.5 Å². The van der Waals surface area contributed by atoms with Gasteiger partial charge in [0, 0.05) is 12.6 Å². The van der Waals surface area contributed by atoms with Crippen LogP contribution in [0, 0.1) is 0 Å². The second kappa shape index (κ2) is 8.49. The summed E-state index contributed by atoms with van der Waals surface area (Å²) in [6.45, 7) is 1.92. The van der Waals surface area contributed by atoms with Crippen LogP contribution < -0.4 is 5.32 Å². The monoisotopic (exact) mass is 418 g/mol. The van der Waals surface area contributed by atoms with Crippen molar-refractivity contribution >= 4 is 46.2 Å². The largest absolute Gasteiger partial charge is 0.504 e. The minimum Gasteiger partial charge on any atom is -0.504 e. The summed E-state index contributed by atoms with van der Waals surface area (Å²) in [4.78, 5) is 26.8. The Labute approximate surface area is 171 Å². The average molecular weight is 418 g/mol. The van der Waals surface area contributed by atoms with E-state index in [1.54, 1.807) is 31.2 Å². The van der Waals surface area contributed by atoms with Crippen molar-refractivity contribution in [2.75, 3.05) is 6.54 Å². The molecule has 0 saturated carbocycles. The molecule has 0 spiro atoms. The number of thiocarbonyl (C=S) groups is 1. The van der Waals surface area contributed by atoms with E-state index in [2.05, 4.69) is 5.32 Å². The predicted octanol–water partition coefficient (Wildman–Crippen LogP) is 2.64. The van der Waals surface area contributed by atoms with Gasteiger partial charge in [-0.1, -0.05) is 30.0 Å². The zero-order valence-electron chi connectivity index (χ0n) is 14.9. The second-order valence-corrected chi connectivity index (χ2v) is 7.78. The SMILES string of the molecule is CC(C(=O)NCCc1ccc(O)c(O)c1)N1C(=O)/C(=C\c2ccco2)SC1=S. The van der Waals surface area contributed by atoms with Crippen LogP contribution in [0.15, 0.2) is 45.9 Å². The fourth-order valence-corrected chi connectivity index (χ4v) is 4.03. The van der Waals surface area contributed by atoms with Crippen molar-refractivity contribution in [3.8, 4) is 11.5 Å². The third-order valence-corrected chi connectivity index (χ3v) is 5.49. The molecule has 1 aliphatic heterocycles. The van der Waals surface area contributed by atoms with E-state index < -0.39 is 6.04 Å². The number of nitrogens with zero attached hydrogens (tertiary/aromatic N) is 1. The maximum absolute atomic E-state index is 12.6. The van der Waals surface area contributed by atoms with Gasteiger partial charge < -0.3 is 19.9 Å². The summed E-state index contributed by atoms with van der Waals surface area (Å²) in [5, 5.41) is 21.6. The average Bonchev–Trinajstić information content (AvgIpc) is 3.26. The van der Waals surface area contributed by atoms with E-state index in [1.165, 1.54) is 23.3 Å². The smallest absolute Gasteiger partial charge is 0.267 e. The van der Waals surface area contributed by atoms with Crippen molar-refractivity contribution in [3.05, 3.63) is 52.8 Å². The van der Waals surface area contributed by atoms with Crippen molar-refractivity contribution in [3.63, 3.8) is 0 Å². The van der Waals surface area contributed by atoms with Gasteiger partial charge >= 0.3 is 0 Å². The van der Waals surface area contributed by atoms with E-state index in [-0.39, 0.29) is 23.3 Å². The molecule has 28 heavy (non-hydrogen) atoms. The Morgan fingerprint density at radius 3 is 2.82 bits per heavy atom. The lowest BCUT2D eigenvalue weighted by molar-refractivity contribution is -0.132. The van der Waals surface area contributed by atoms with Crippen LogP contribution in [0.25, 0.3) is 6.08 Å². The molecular formula is C19H18N2O5S2. The lowest BCUT2D eigenvalue weighted by Gasteiger charge is -2.22. The van der Waals surface area contributed by atoms with Gasteiger partial charge in [-0.2, -0.15) is 0 Å². The van der Waals surface area contributed by atoms with Crippen LogP contribution in [0.4, 0.5) is 0 Å². The molecule has 146 valence electrons. The fourth-order valence-electron chi connectivity index (χ4n) is 2.64. The standard InChI is InChI=1S/C19H18N2O5S2/c1-11(17(24)20-7-6-12-4-5-14(22)15(23)9-12)21-18(25)16(28-19(21)27)10-13-3-2-8-26-13/h2-5,8-11,22-23H,6-7H2,1H3,(H,20,24)/b16-10+. The van der Waals surface area contributed by atoms with E-state index in [4.69, 9.17) is 16.6 Å². The molecule has 0 radical (unpaired) electrons. The van der Waals surface area contributed by atoms with Gasteiger partial charge in [0.25, 0.3) is 5.91 Å². The quantitative estimate of drug-likeness (QED) is 0.376. The molecule has 0 aliphatic carbocycles. The Morgan fingerprint density at radius 1 is 1.36 bits per heavy atom. The number of hydrogen-bond acceptors (Lipinski definition) is 7. The predicted molar refractivity (Wildman–Crippen MR) is 110 cm³/mol. The van der Waals surface area contributed by atoms with Crippen LogP contribution in [0.3, 0.4) is 0 Å². The van der Waals surface area contributed by atoms with Crippen LogP contribution in [-0.2, 0) is 16.0 Å². The highest BCUT2D eigenvalue weighted by Gasteiger charge is 2.38. The van der Waals surface area contributed by atoms with Crippen LogP contribution in [0.2, 0.25) is 0 Å². The minimum absolute atomic E-state index is 0.196. The molecule has 1 saturated heterocycles. The highest BCUT2D eigenvalue weighted by atomic mass is 32.2. The Balaban J connectivity index is 1.58. The normalized spacial score (nSPS) is 16.6. The molecule has 1 aromatic heterocycles. The number of thioether (sulfide) groups is 1. The third kappa shape index (κ3) is 4.37. The number of carbonyl (C=O) groups excluding carboxylic acids is 2. The molecular weight excluding hydrogens is 400 g/mol. The van der Waals surface area contributed by atoms with E-state index in [0.29, 0.717) is 28.0 Å². The number of benzene rings is 1. The zero-order chi connectivity index (χ0) is 20.3. The van der Waals surface area contributed by atoms with Crippen molar-refractivity contribution in [1.29, 1.82) is 0 Å². The van der Waals surface area contributed by atoms with Gasteiger partial charge in [0.15, 0.2) is 11.5 Å². The van der Waals surface area contributed by atoms with Gasteiger partial charge in [-0.3, -0.25) is 14.5 Å². The summed E-state index contributed by atoms with van der Waals surface area (Å²) in [6, 6.07) is 7.17. The first-order valence-corrected chi connectivity index (χ1v) is 9.68. The van der Waals surface area contributed by atoms with Gasteiger partial charge in [-0.25, -0.2) is 0 Å². The molecule has 2 aromatic rings. The Morgan fingerprint density at radius 2 is 2.14 bits per heavy atom. The third-order valence-electron chi connectivity index (χ3n) is 4.16. The molecule has 9 heteroatoms. The highest BCUT2D eigenvalue weighted by Crippen LogP contribution is 2.34. The molecule has 1 unspecified atom stereocenters. The van der Waals surface area contributed by atoms with E-state index in [1.807, 2.05) is 0 Å². The first-order valence-electron chi connectivity index (χ1n) is 8.46. The lowest BCUT2D eigenvalue weighted by Crippen LogP contribution is -2.47. The van der Waals surface area contributed by atoms with Gasteiger partial charge in [0.1, 0.15) is 16.1 Å². The van der Waals surface area contributed by atoms with Gasteiger partial charge in [0.05, 0.1) is 11.2 Å². The number of carbonyl (C=O) groups is 2. The van der Waals surface area contributed by atoms with Crippen molar-refractivity contribution in [2.24, 2.45) is 0 Å². The molecule has 1 atom stereocenters. The summed E-state index contributed by atoms with van der Waals surface area (Å²) in [7, 11) is 0. The summed E-state index contributed by atoms with van der Waals surface area (Å²) < 4.78 is 5.53. The lowest BCUT2D eigenvalue weighted by atomic mass is 10.1. The Kier molecular flexibility index (Phi) is 6.05. The topological polar surface area (TPSA) is 103 Å². The molecule has 1 aliphatic rings. The van der Waals surface area contributed by atoms with Crippen LogP contribution in [0.1, 0.15) is 18.2 Å². The number of furan rings is 1. The summed E-state index contributed by atoms with van der Waals surface area (Å²) in [5.41, 5.74) is 0.759. The number of phenolic OH excluding ortho intramolecular Hbond substituents is 2. The number of phenols is 2. The van der Waals surface area contributed by atoms with Crippen molar-refractivity contribution in [2.45, 2.75) is 19.4 Å². The molecule has 3 N–H and O–H groups in total. The minimum atomic E-state index is -0.761. The zero-order valence-corrected chi connectivity index (χ0v) is 16.5. The Bertz CT molecular complexity index is 940. The van der Waals surface area contributed by atoms with Crippen molar-refractivity contribution < 1.29 is 24.2 Å². The number of amides is 2. The molecule has 2 heterocycles. The number of rotatable bonds is 6. The molecule has 7 nitrogen and oxygen atoms in total. The Hall–Kier alpha value is -2.78. The summed E-state index contributed by atoms with van der Waals surface area (Å²) in [6.07, 6.45) is 3.57. The summed E-state index contributed by atoms with van der Waals surface area (Å²) in [5.74, 6) is -0.540. The van der Waals surface area contributed by atoms with Crippen LogP contribution in [-0.4, -0.2) is 43.8 Å².